The van der Waals surface area contributed by atoms with E-state index in [4.69, 9.17) is 4.74 Å². The fraction of sp³-hybridized carbons (Fsp3) is 0.364. The normalized spacial score (nSPS) is 13.3. The summed E-state index contributed by atoms with van der Waals surface area (Å²) in [5.74, 6) is -0.910. The molecule has 0 bridgehead atoms. The Bertz CT molecular complexity index is 385. The molecule has 0 aromatic heterocycles. The number of para-hydroxylation sites is 1. The predicted octanol–water partition coefficient (Wildman–Crippen LogP) is 3.02. The molecule has 0 aliphatic heterocycles. The Balaban J connectivity index is 3.37. The molecule has 2 nitrogen and oxygen atoms in total. The van der Waals surface area contributed by atoms with Crippen LogP contribution in [-0.2, 0) is 11.0 Å². The number of carbonyl (C=O) groups excluding carboxylic acids is 1. The Morgan fingerprint density at radius 3 is 2.44 bits per heavy atom. The van der Waals surface area contributed by atoms with Gasteiger partial charge in [0, 0.05) is 11.5 Å². The highest BCUT2D eigenvalue weighted by Crippen LogP contribution is 2.39. The summed E-state index contributed by atoms with van der Waals surface area (Å²) in [7, 11) is 1.16. The summed E-state index contributed by atoms with van der Waals surface area (Å²) in [6.45, 7) is 1.52. The van der Waals surface area contributed by atoms with E-state index in [1.54, 1.807) is 0 Å². The third-order valence-electron chi connectivity index (χ3n) is 2.25. The van der Waals surface area contributed by atoms with Crippen LogP contribution in [0.3, 0.4) is 0 Å². The Morgan fingerprint density at radius 2 is 2.00 bits per heavy atom. The van der Waals surface area contributed by atoms with Crippen molar-refractivity contribution in [2.75, 3.05) is 7.11 Å². The average molecular weight is 232 g/mol. The number of methoxy groups -OCH3 is 1. The van der Waals surface area contributed by atoms with Gasteiger partial charge in [0.2, 0.25) is 0 Å². The Kier molecular flexibility index (Phi) is 3.57. The molecule has 0 radical (unpaired) electrons. The zero-order chi connectivity index (χ0) is 12.3. The number of hydrogen-bond acceptors (Lipinski definition) is 2. The van der Waals surface area contributed by atoms with Crippen LogP contribution >= 0.6 is 0 Å². The summed E-state index contributed by atoms with van der Waals surface area (Å²) in [4.78, 5) is 10.6. The van der Waals surface area contributed by atoms with Crippen LogP contribution in [0.25, 0.3) is 0 Å². The predicted molar refractivity (Wildman–Crippen MR) is 52.5 cm³/mol. The van der Waals surface area contributed by atoms with Gasteiger partial charge in [-0.25, -0.2) is 0 Å². The summed E-state index contributed by atoms with van der Waals surface area (Å²) in [6, 6.07) is 3.65. The lowest BCUT2D eigenvalue weighted by atomic mass is 9.98. The molecule has 1 rings (SSSR count). The lowest BCUT2D eigenvalue weighted by Gasteiger charge is -2.16. The van der Waals surface area contributed by atoms with Gasteiger partial charge >= 0.3 is 6.18 Å². The first-order chi connectivity index (χ1) is 7.41. The summed E-state index contributed by atoms with van der Waals surface area (Å²) in [5, 5.41) is 0. The zero-order valence-corrected chi connectivity index (χ0v) is 8.84. The van der Waals surface area contributed by atoms with Crippen LogP contribution in [0.2, 0.25) is 0 Å². The molecule has 88 valence electrons. The first kappa shape index (κ1) is 12.5. The van der Waals surface area contributed by atoms with Crippen molar-refractivity contribution in [3.63, 3.8) is 0 Å². The monoisotopic (exact) mass is 232 g/mol. The quantitative estimate of drug-likeness (QED) is 0.749. The molecule has 1 unspecified atom stereocenters. The van der Waals surface area contributed by atoms with E-state index in [0.717, 1.165) is 13.2 Å². The van der Waals surface area contributed by atoms with Crippen molar-refractivity contribution in [3.8, 4) is 5.75 Å². The lowest BCUT2D eigenvalue weighted by Crippen LogP contribution is -2.10. The number of halogens is 3. The molecule has 1 atom stereocenters. The van der Waals surface area contributed by atoms with E-state index in [9.17, 15) is 18.0 Å². The molecule has 1 aromatic carbocycles. The smallest absolute Gasteiger partial charge is 0.419 e. The topological polar surface area (TPSA) is 26.3 Å². The van der Waals surface area contributed by atoms with Crippen LogP contribution in [0.4, 0.5) is 13.2 Å². The highest BCUT2D eigenvalue weighted by atomic mass is 19.4. The molecule has 0 spiro atoms. The van der Waals surface area contributed by atoms with Gasteiger partial charge in [0.1, 0.15) is 12.0 Å². The molecule has 0 fully saturated rings. The first-order valence-corrected chi connectivity index (χ1v) is 4.61. The molecular weight excluding hydrogens is 221 g/mol. The number of rotatable bonds is 3. The lowest BCUT2D eigenvalue weighted by molar-refractivity contribution is -0.138. The molecule has 0 heterocycles. The Morgan fingerprint density at radius 1 is 1.38 bits per heavy atom. The Hall–Kier alpha value is -1.52. The van der Waals surface area contributed by atoms with E-state index in [1.807, 2.05) is 0 Å². The highest BCUT2D eigenvalue weighted by Gasteiger charge is 2.35. The fourth-order valence-electron chi connectivity index (χ4n) is 1.44. The molecule has 0 aliphatic carbocycles. The summed E-state index contributed by atoms with van der Waals surface area (Å²) >= 11 is 0. The van der Waals surface area contributed by atoms with Gasteiger partial charge in [-0.3, -0.25) is 0 Å². The van der Waals surface area contributed by atoms with Crippen molar-refractivity contribution in [1.29, 1.82) is 0 Å². The number of ether oxygens (including phenoxy) is 1. The van der Waals surface area contributed by atoms with Crippen molar-refractivity contribution >= 4 is 6.29 Å². The minimum Gasteiger partial charge on any atom is -0.496 e. The molecule has 0 amide bonds. The highest BCUT2D eigenvalue weighted by molar-refractivity contribution is 5.64. The second-order valence-electron chi connectivity index (χ2n) is 3.35. The van der Waals surface area contributed by atoms with Gasteiger partial charge in [0.05, 0.1) is 12.7 Å². The van der Waals surface area contributed by atoms with Gasteiger partial charge in [0.15, 0.2) is 0 Å². The second kappa shape index (κ2) is 4.55. The summed E-state index contributed by atoms with van der Waals surface area (Å²) in [5.41, 5.74) is -0.617. The van der Waals surface area contributed by atoms with Crippen molar-refractivity contribution < 1.29 is 22.7 Å². The number of benzene rings is 1. The number of carbonyl (C=O) groups is 1. The van der Waals surface area contributed by atoms with E-state index in [-0.39, 0.29) is 11.3 Å². The molecule has 0 saturated carbocycles. The molecule has 5 heteroatoms. The van der Waals surface area contributed by atoms with Gasteiger partial charge in [-0.1, -0.05) is 19.1 Å². The van der Waals surface area contributed by atoms with E-state index in [1.165, 1.54) is 19.1 Å². The largest absolute Gasteiger partial charge is 0.496 e. The van der Waals surface area contributed by atoms with E-state index in [2.05, 4.69) is 0 Å². The van der Waals surface area contributed by atoms with Crippen LogP contribution in [-0.4, -0.2) is 13.4 Å². The minimum atomic E-state index is -4.48. The first-order valence-electron chi connectivity index (χ1n) is 4.61. The third-order valence-corrected chi connectivity index (χ3v) is 2.25. The molecular formula is C11H11F3O2. The van der Waals surface area contributed by atoms with Crippen molar-refractivity contribution in [1.82, 2.24) is 0 Å². The van der Waals surface area contributed by atoms with Crippen molar-refractivity contribution in [2.24, 2.45) is 0 Å². The molecule has 1 aromatic rings. The molecule has 16 heavy (non-hydrogen) atoms. The van der Waals surface area contributed by atoms with Crippen LogP contribution in [0.1, 0.15) is 24.0 Å². The van der Waals surface area contributed by atoms with E-state index < -0.39 is 17.7 Å². The van der Waals surface area contributed by atoms with Crippen LogP contribution in [0, 0.1) is 0 Å². The standard InChI is InChI=1S/C11H11F3O2/c1-7(6-15)8-4-3-5-9(10(8)16-2)11(12,13)14/h3-7H,1-2H3. The SMILES string of the molecule is COc1c(C(C)C=O)cccc1C(F)(F)F. The van der Waals surface area contributed by atoms with Gasteiger partial charge in [-0.15, -0.1) is 0 Å². The second-order valence-corrected chi connectivity index (χ2v) is 3.35. The summed E-state index contributed by atoms with van der Waals surface area (Å²) in [6.07, 6.45) is -3.90. The van der Waals surface area contributed by atoms with Crippen LogP contribution in [0.5, 0.6) is 5.75 Å². The van der Waals surface area contributed by atoms with Gasteiger partial charge < -0.3 is 9.53 Å². The number of hydrogen-bond donors (Lipinski definition) is 0. The number of aldehydes is 1. The van der Waals surface area contributed by atoms with E-state index in [0.29, 0.717) is 6.29 Å². The van der Waals surface area contributed by atoms with Gasteiger partial charge in [0.25, 0.3) is 0 Å². The zero-order valence-electron chi connectivity index (χ0n) is 8.84. The maximum Gasteiger partial charge on any atom is 0.419 e. The molecule has 0 N–H and O–H groups in total. The average Bonchev–Trinajstić information content (AvgIpc) is 2.25. The van der Waals surface area contributed by atoms with E-state index >= 15 is 0 Å². The molecule has 0 aliphatic rings. The number of alkyl halides is 3. The fourth-order valence-corrected chi connectivity index (χ4v) is 1.44. The van der Waals surface area contributed by atoms with Gasteiger partial charge in [-0.2, -0.15) is 13.2 Å². The third kappa shape index (κ3) is 2.35. The van der Waals surface area contributed by atoms with Gasteiger partial charge in [-0.05, 0) is 6.07 Å². The molecule has 0 saturated heterocycles. The minimum absolute atomic E-state index is 0.243. The van der Waals surface area contributed by atoms with Crippen LogP contribution < -0.4 is 4.74 Å². The van der Waals surface area contributed by atoms with Crippen molar-refractivity contribution in [2.45, 2.75) is 19.0 Å². The van der Waals surface area contributed by atoms with Crippen molar-refractivity contribution in [3.05, 3.63) is 29.3 Å². The maximum atomic E-state index is 12.6. The Labute approximate surface area is 91.0 Å². The summed E-state index contributed by atoms with van der Waals surface area (Å²) < 4.78 is 42.6. The maximum absolute atomic E-state index is 12.6. The van der Waals surface area contributed by atoms with Crippen LogP contribution in [0.15, 0.2) is 18.2 Å².